The molecule has 0 fully saturated rings. The first-order valence-electron chi connectivity index (χ1n) is 12.1. The lowest BCUT2D eigenvalue weighted by Gasteiger charge is -2.14. The number of imidazole rings is 1. The third-order valence-electron chi connectivity index (χ3n) is 6.13. The first-order chi connectivity index (χ1) is 16.2. The molecular formula is C28H34N4O. The molecule has 0 amide bonds. The van der Waals surface area contributed by atoms with Crippen LogP contribution in [0.25, 0.3) is 16.9 Å². The van der Waals surface area contributed by atoms with Gasteiger partial charge in [0.2, 0.25) is 0 Å². The van der Waals surface area contributed by atoms with E-state index in [0.29, 0.717) is 0 Å². The molecule has 0 bridgehead atoms. The van der Waals surface area contributed by atoms with Crippen LogP contribution in [0.3, 0.4) is 0 Å². The molecule has 2 heterocycles. The molecule has 0 aliphatic rings. The fraction of sp³-hybridized carbons (Fsp3) is 0.357. The monoisotopic (exact) mass is 442 g/mol. The highest BCUT2D eigenvalue weighted by molar-refractivity contribution is 5.74. The van der Waals surface area contributed by atoms with E-state index in [-0.39, 0.29) is 0 Å². The Morgan fingerprint density at radius 1 is 0.939 bits per heavy atom. The van der Waals surface area contributed by atoms with Crippen molar-refractivity contribution in [3.8, 4) is 17.0 Å². The van der Waals surface area contributed by atoms with E-state index >= 15 is 0 Å². The molecule has 0 atom stereocenters. The van der Waals surface area contributed by atoms with Gasteiger partial charge in [-0.25, -0.2) is 9.97 Å². The number of unbranched alkanes of at least 4 members (excludes halogenated alkanes) is 1. The summed E-state index contributed by atoms with van der Waals surface area (Å²) in [5, 5.41) is 3.48. The smallest absolute Gasteiger partial charge is 0.180 e. The largest absolute Gasteiger partial charge is 0.496 e. The molecule has 33 heavy (non-hydrogen) atoms. The maximum Gasteiger partial charge on any atom is 0.180 e. The average molecular weight is 443 g/mol. The highest BCUT2D eigenvalue weighted by atomic mass is 16.5. The molecule has 5 nitrogen and oxygen atoms in total. The zero-order chi connectivity index (χ0) is 23.2. The van der Waals surface area contributed by atoms with Crippen molar-refractivity contribution in [2.75, 3.05) is 12.4 Å². The molecule has 1 N–H and O–H groups in total. The molecule has 2 aromatic carbocycles. The Kier molecular flexibility index (Phi) is 7.28. The predicted octanol–water partition coefficient (Wildman–Crippen LogP) is 7.01. The maximum atomic E-state index is 5.63. The van der Waals surface area contributed by atoms with Crippen LogP contribution in [-0.2, 0) is 19.3 Å². The Bertz CT molecular complexity index is 1230. The fourth-order valence-electron chi connectivity index (χ4n) is 4.32. The number of nitrogens with one attached hydrogen (secondary N) is 1. The van der Waals surface area contributed by atoms with Gasteiger partial charge in [0.15, 0.2) is 11.5 Å². The first-order valence-corrected chi connectivity index (χ1v) is 12.1. The topological polar surface area (TPSA) is 51.5 Å². The minimum absolute atomic E-state index is 0.732. The van der Waals surface area contributed by atoms with Crippen LogP contribution in [0.5, 0.6) is 5.75 Å². The van der Waals surface area contributed by atoms with Crippen LogP contribution >= 0.6 is 0 Å². The van der Waals surface area contributed by atoms with E-state index in [9.17, 15) is 0 Å². The highest BCUT2D eigenvalue weighted by Crippen LogP contribution is 2.29. The van der Waals surface area contributed by atoms with E-state index in [1.54, 1.807) is 7.11 Å². The van der Waals surface area contributed by atoms with Crippen LogP contribution in [0.4, 0.5) is 11.5 Å². The zero-order valence-corrected chi connectivity index (χ0v) is 20.2. The molecular weight excluding hydrogens is 408 g/mol. The van der Waals surface area contributed by atoms with Gasteiger partial charge in [0.25, 0.3) is 0 Å². The van der Waals surface area contributed by atoms with E-state index in [4.69, 9.17) is 9.72 Å². The van der Waals surface area contributed by atoms with Crippen LogP contribution in [0.1, 0.15) is 56.7 Å². The number of ether oxygens (including phenoxy) is 1. The van der Waals surface area contributed by atoms with Crippen molar-refractivity contribution in [1.82, 2.24) is 14.4 Å². The number of methoxy groups -OCH3 is 1. The number of rotatable bonds is 10. The van der Waals surface area contributed by atoms with Crippen molar-refractivity contribution in [3.05, 3.63) is 71.7 Å². The van der Waals surface area contributed by atoms with Crippen LogP contribution in [0.15, 0.2) is 55.0 Å². The molecule has 4 aromatic rings. The Balaban J connectivity index is 1.71. The van der Waals surface area contributed by atoms with Gasteiger partial charge in [-0.15, -0.1) is 0 Å². The Hall–Kier alpha value is -3.34. The lowest BCUT2D eigenvalue weighted by molar-refractivity contribution is 0.409. The van der Waals surface area contributed by atoms with Crippen molar-refractivity contribution < 1.29 is 4.74 Å². The summed E-state index contributed by atoms with van der Waals surface area (Å²) in [6, 6.07) is 13.0. The van der Waals surface area contributed by atoms with Crippen molar-refractivity contribution >= 4 is 17.2 Å². The molecule has 0 aliphatic heterocycles. The van der Waals surface area contributed by atoms with Crippen LogP contribution in [0, 0.1) is 0 Å². The molecule has 4 rings (SSSR count). The van der Waals surface area contributed by atoms with Gasteiger partial charge in [-0.2, -0.15) is 0 Å². The second kappa shape index (κ2) is 10.5. The van der Waals surface area contributed by atoms with Gasteiger partial charge < -0.3 is 14.5 Å². The number of anilines is 2. The van der Waals surface area contributed by atoms with Crippen LogP contribution < -0.4 is 10.1 Å². The van der Waals surface area contributed by atoms with Gasteiger partial charge in [-0.3, -0.25) is 0 Å². The second-order valence-electron chi connectivity index (χ2n) is 8.48. The molecule has 0 aliphatic carbocycles. The number of nitrogens with zero attached hydrogens (tertiary/aromatic N) is 3. The number of aryl methyl sites for hydroxylation is 3. The number of aromatic nitrogens is 3. The molecule has 0 radical (unpaired) electrons. The minimum atomic E-state index is 0.732. The number of fused-ring (bicyclic) bond motifs is 1. The summed E-state index contributed by atoms with van der Waals surface area (Å²) >= 11 is 0. The normalized spacial score (nSPS) is 11.2. The van der Waals surface area contributed by atoms with Gasteiger partial charge >= 0.3 is 0 Å². The van der Waals surface area contributed by atoms with Crippen molar-refractivity contribution in [1.29, 1.82) is 0 Å². The molecule has 0 saturated heterocycles. The van der Waals surface area contributed by atoms with E-state index in [2.05, 4.69) is 67.6 Å². The van der Waals surface area contributed by atoms with Crippen LogP contribution in [-0.4, -0.2) is 21.5 Å². The zero-order valence-electron chi connectivity index (χ0n) is 20.2. The SMILES string of the molecule is CCCCc1ccc(-c2cn3ccnc3c(Nc3ccc(CCC)c(OC)c3)n2)cc1CC. The summed E-state index contributed by atoms with van der Waals surface area (Å²) in [6.45, 7) is 6.64. The highest BCUT2D eigenvalue weighted by Gasteiger charge is 2.12. The molecule has 0 unspecified atom stereocenters. The molecule has 0 saturated carbocycles. The summed E-state index contributed by atoms with van der Waals surface area (Å²) in [7, 11) is 1.72. The quantitative estimate of drug-likeness (QED) is 0.287. The number of benzene rings is 2. The molecule has 2 aromatic heterocycles. The Labute approximate surface area is 196 Å². The summed E-state index contributed by atoms with van der Waals surface area (Å²) in [5.74, 6) is 1.63. The van der Waals surface area contributed by atoms with Gasteiger partial charge in [0, 0.05) is 35.9 Å². The minimum Gasteiger partial charge on any atom is -0.496 e. The number of hydrogen-bond donors (Lipinski definition) is 1. The lowest BCUT2D eigenvalue weighted by atomic mass is 9.97. The molecule has 0 spiro atoms. The number of hydrogen-bond acceptors (Lipinski definition) is 4. The summed E-state index contributed by atoms with van der Waals surface area (Å²) in [6.07, 6.45) is 12.5. The Morgan fingerprint density at radius 3 is 2.55 bits per heavy atom. The second-order valence-corrected chi connectivity index (χ2v) is 8.48. The van der Waals surface area contributed by atoms with Gasteiger partial charge in [0.05, 0.1) is 12.8 Å². The van der Waals surface area contributed by atoms with E-state index < -0.39 is 0 Å². The van der Waals surface area contributed by atoms with Gasteiger partial charge in [-0.05, 0) is 54.5 Å². The first kappa shape index (κ1) is 22.8. The van der Waals surface area contributed by atoms with Crippen molar-refractivity contribution in [2.45, 2.75) is 59.3 Å². The summed E-state index contributed by atoms with van der Waals surface area (Å²) < 4.78 is 7.66. The van der Waals surface area contributed by atoms with E-state index in [1.165, 1.54) is 29.5 Å². The molecule has 172 valence electrons. The van der Waals surface area contributed by atoms with Gasteiger partial charge in [-0.1, -0.05) is 51.8 Å². The van der Waals surface area contributed by atoms with Gasteiger partial charge in [0.1, 0.15) is 5.75 Å². The average Bonchev–Trinajstić information content (AvgIpc) is 3.33. The maximum absolute atomic E-state index is 5.63. The molecule has 5 heteroatoms. The third kappa shape index (κ3) is 5.03. The Morgan fingerprint density at radius 2 is 1.79 bits per heavy atom. The predicted molar refractivity (Wildman–Crippen MR) is 137 cm³/mol. The summed E-state index contributed by atoms with van der Waals surface area (Å²) in [5.41, 5.74) is 7.85. The third-order valence-corrected chi connectivity index (χ3v) is 6.13. The van der Waals surface area contributed by atoms with E-state index in [1.807, 2.05) is 22.9 Å². The lowest BCUT2D eigenvalue weighted by Crippen LogP contribution is -2.02. The van der Waals surface area contributed by atoms with Crippen molar-refractivity contribution in [3.63, 3.8) is 0 Å². The standard InChI is InChI=1S/C28H34N4O/c1-5-8-10-21-11-12-23(17-20(21)7-3)25-19-32-16-15-29-28(32)27(31-25)30-24-14-13-22(9-6-2)26(18-24)33-4/h11-19H,5-10H2,1-4H3,(H,30,31). The fourth-order valence-corrected chi connectivity index (χ4v) is 4.32. The van der Waals surface area contributed by atoms with E-state index in [0.717, 1.165) is 59.8 Å². The van der Waals surface area contributed by atoms with Crippen molar-refractivity contribution in [2.24, 2.45) is 0 Å². The van der Waals surface area contributed by atoms with Crippen LogP contribution in [0.2, 0.25) is 0 Å². The summed E-state index contributed by atoms with van der Waals surface area (Å²) in [4.78, 5) is 9.51.